The van der Waals surface area contributed by atoms with Crippen LogP contribution in [0.5, 0.6) is 0 Å². The molecule has 0 spiro atoms. The Morgan fingerprint density at radius 3 is 1.58 bits per heavy atom. The van der Waals surface area contributed by atoms with Gasteiger partial charge in [0.2, 0.25) is 0 Å². The third-order valence-corrected chi connectivity index (χ3v) is 7.15. The number of rotatable bonds is 3. The molecule has 0 aliphatic carbocycles. The number of hydrogen-bond acceptors (Lipinski definition) is 7. The summed E-state index contributed by atoms with van der Waals surface area (Å²) >= 11 is 0. The van der Waals surface area contributed by atoms with Gasteiger partial charge < -0.3 is 46.0 Å². The minimum Gasteiger partial charge on any atom is -1.00 e. The van der Waals surface area contributed by atoms with Gasteiger partial charge >= 0.3 is 35.2 Å². The van der Waals surface area contributed by atoms with E-state index in [1.54, 1.807) is 20.8 Å². The van der Waals surface area contributed by atoms with E-state index in [0.29, 0.717) is 25.9 Å². The van der Waals surface area contributed by atoms with E-state index in [4.69, 9.17) is 14.2 Å². The molecule has 0 saturated carbocycles. The van der Waals surface area contributed by atoms with Crippen LogP contribution in [0.2, 0.25) is 0 Å². The number of ether oxygens (including phenoxy) is 3. The molecule has 0 radical (unpaired) electrons. The Bertz CT molecular complexity index is 1330. The van der Waals surface area contributed by atoms with Crippen LogP contribution >= 0.6 is 27.0 Å². The van der Waals surface area contributed by atoms with E-state index in [9.17, 15) is 37.1 Å². The van der Waals surface area contributed by atoms with Crippen molar-refractivity contribution in [1.29, 1.82) is 0 Å². The third-order valence-electron chi connectivity index (χ3n) is 7.15. The molecule has 3 fully saturated rings. The summed E-state index contributed by atoms with van der Waals surface area (Å²) in [5, 5.41) is 10.4. The Labute approximate surface area is 366 Å². The zero-order chi connectivity index (χ0) is 36.8. The molecule has 3 aliphatic rings. The van der Waals surface area contributed by atoms with Crippen molar-refractivity contribution in [2.75, 3.05) is 26.3 Å². The number of nitrogens with zero attached hydrogens (tertiary/aromatic N) is 2. The zero-order valence-corrected chi connectivity index (χ0v) is 36.2. The number of amides is 2. The molecule has 2 aromatic carbocycles. The summed E-state index contributed by atoms with van der Waals surface area (Å²) in [6.45, 7) is 13.8. The fourth-order valence-electron chi connectivity index (χ4n) is 5.04. The molecule has 2 amide bonds. The van der Waals surface area contributed by atoms with Crippen LogP contribution in [0.15, 0.2) is 36.4 Å². The standard InChI is InChI=1S/C16H21F2NO3.C10H17NO3.C6H3F2.C4H8O.2CH4.BrH.Mg.2H2S/c1-16(2,3)22-15(21)19-6-4-5-13(19)14(20)10-7-11(17)9-12(18)8-10;1-10(2,3)14-9(13)11-6-4-5-8(11)7-12;7-5-2-1-3-6(8)4-5;1-2-4-5-3-1;;;;;;/h7-9,13-14,20H,4-6H2,1-3H3;7-8H,4-6H2,1-3H3;2-4H;1-4H2;2*1H4;1H;;2*1H2/q;;-1;;;;;+2;;/p-1/t13-,14?;8-;;;;;;;;/m00......../s1. The van der Waals surface area contributed by atoms with Gasteiger partial charge in [0.1, 0.15) is 29.1 Å². The van der Waals surface area contributed by atoms with Crippen LogP contribution in [0.25, 0.3) is 0 Å². The second-order valence-electron chi connectivity index (χ2n) is 13.7. The van der Waals surface area contributed by atoms with Gasteiger partial charge in [0, 0.05) is 44.0 Å². The van der Waals surface area contributed by atoms with E-state index in [1.807, 2.05) is 20.8 Å². The largest absolute Gasteiger partial charge is 2.00 e. The quantitative estimate of drug-likeness (QED) is 0.184. The maximum Gasteiger partial charge on any atom is 2.00 e. The Morgan fingerprint density at radius 2 is 1.20 bits per heavy atom. The first-order chi connectivity index (χ1) is 22.9. The van der Waals surface area contributed by atoms with Crippen LogP contribution < -0.4 is 17.0 Å². The Morgan fingerprint density at radius 1 is 0.782 bits per heavy atom. The number of carbonyl (C=O) groups is 3. The number of aldehydes is 1. The van der Waals surface area contributed by atoms with Crippen LogP contribution in [0.4, 0.5) is 27.2 Å². The summed E-state index contributed by atoms with van der Waals surface area (Å²) in [7, 11) is 0. The van der Waals surface area contributed by atoms with Gasteiger partial charge in [-0.15, -0.1) is 18.2 Å². The maximum atomic E-state index is 13.3. The summed E-state index contributed by atoms with van der Waals surface area (Å²) < 4.78 is 65.8. The minimum atomic E-state index is -1.15. The predicted octanol–water partition coefficient (Wildman–Crippen LogP) is 5.67. The van der Waals surface area contributed by atoms with Crippen molar-refractivity contribution in [2.24, 2.45) is 0 Å². The number of carbonyl (C=O) groups excluding carboxylic acids is 3. The van der Waals surface area contributed by atoms with Gasteiger partial charge in [-0.1, -0.05) is 14.9 Å². The molecule has 314 valence electrons. The third kappa shape index (κ3) is 24.6. The van der Waals surface area contributed by atoms with Crippen molar-refractivity contribution in [3.63, 3.8) is 0 Å². The fourth-order valence-corrected chi connectivity index (χ4v) is 5.04. The first-order valence-electron chi connectivity index (χ1n) is 16.4. The van der Waals surface area contributed by atoms with Crippen LogP contribution in [0.1, 0.15) is 107 Å². The molecular formula is C38H61BrF4MgN2O7S2. The van der Waals surface area contributed by atoms with Gasteiger partial charge in [-0.3, -0.25) is 13.7 Å². The monoisotopic (exact) mass is 900 g/mol. The summed E-state index contributed by atoms with van der Waals surface area (Å²) in [4.78, 5) is 37.3. The smallest absolute Gasteiger partial charge is 1.00 e. The van der Waals surface area contributed by atoms with Crippen LogP contribution in [-0.2, 0) is 19.0 Å². The molecular weight excluding hydrogens is 841 g/mol. The van der Waals surface area contributed by atoms with Crippen molar-refractivity contribution < 1.29 is 68.2 Å². The van der Waals surface area contributed by atoms with Crippen molar-refractivity contribution in [2.45, 2.75) is 124 Å². The van der Waals surface area contributed by atoms with Gasteiger partial charge in [0.25, 0.3) is 0 Å². The molecule has 2 aromatic rings. The summed E-state index contributed by atoms with van der Waals surface area (Å²) in [5.74, 6) is -2.69. The summed E-state index contributed by atoms with van der Waals surface area (Å²) in [6, 6.07) is 7.31. The summed E-state index contributed by atoms with van der Waals surface area (Å²) in [5.41, 5.74) is -1.01. The van der Waals surface area contributed by atoms with E-state index in [-0.39, 0.29) is 99.6 Å². The Kier molecular flexibility index (Phi) is 34.4. The maximum absolute atomic E-state index is 13.3. The molecule has 1 N–H and O–H groups in total. The van der Waals surface area contributed by atoms with E-state index in [2.05, 4.69) is 6.07 Å². The molecule has 1 unspecified atom stereocenters. The number of benzene rings is 2. The van der Waals surface area contributed by atoms with Crippen LogP contribution in [0, 0.1) is 29.3 Å². The van der Waals surface area contributed by atoms with E-state index < -0.39 is 52.7 Å². The first kappa shape index (κ1) is 62.4. The second kappa shape index (κ2) is 30.3. The zero-order valence-electron chi connectivity index (χ0n) is 31.2. The van der Waals surface area contributed by atoms with Gasteiger partial charge in [-0.2, -0.15) is 33.1 Å². The Balaban J connectivity index is -0.000000218. The molecule has 9 nitrogen and oxygen atoms in total. The number of aliphatic hydroxyl groups is 1. The van der Waals surface area contributed by atoms with Crippen molar-refractivity contribution in [3.8, 4) is 0 Å². The first-order valence-corrected chi connectivity index (χ1v) is 16.4. The topological polar surface area (TPSA) is 106 Å². The van der Waals surface area contributed by atoms with E-state index >= 15 is 0 Å². The molecule has 3 aliphatic heterocycles. The molecule has 3 heterocycles. The average Bonchev–Trinajstić information content (AvgIpc) is 3.78. The number of aliphatic hydroxyl groups excluding tert-OH is 1. The average molecular weight is 902 g/mol. The van der Waals surface area contributed by atoms with E-state index in [1.165, 1.54) is 22.6 Å². The molecule has 17 heteroatoms. The fraction of sp³-hybridized carbons (Fsp3) is 0.605. The SMILES string of the molecule is C.C.C1CCOC1.CC(C)(C)OC(=O)N1CCC[C@H]1C(O)c1cc(F)cc(F)c1.CC(C)(C)OC(=O)N1CCC[C@H]1C=O.Fc1c[c-]cc(F)c1.S.S.[Br-].[Mg+2]. The number of likely N-dealkylation sites (tertiary alicyclic amines) is 2. The second-order valence-corrected chi connectivity index (χ2v) is 13.7. The molecule has 0 bridgehead atoms. The minimum absolute atomic E-state index is 0. The van der Waals surface area contributed by atoms with Crippen molar-refractivity contribution in [1.82, 2.24) is 9.80 Å². The molecule has 5 rings (SSSR count). The van der Waals surface area contributed by atoms with Gasteiger partial charge in [-0.05, 0) is 97.8 Å². The molecule has 0 aromatic heterocycles. The number of halogens is 5. The van der Waals surface area contributed by atoms with Gasteiger partial charge in [0.05, 0.1) is 18.2 Å². The van der Waals surface area contributed by atoms with Crippen LogP contribution in [0.3, 0.4) is 0 Å². The Hall–Kier alpha value is -1.76. The molecule has 3 atom stereocenters. The van der Waals surface area contributed by atoms with Crippen molar-refractivity contribution >= 4 is 68.5 Å². The molecule has 3 saturated heterocycles. The molecule has 55 heavy (non-hydrogen) atoms. The van der Waals surface area contributed by atoms with Crippen molar-refractivity contribution in [3.05, 3.63) is 71.3 Å². The van der Waals surface area contributed by atoms with Crippen LogP contribution in [-0.4, -0.2) is 106 Å². The predicted molar refractivity (Wildman–Crippen MR) is 215 cm³/mol. The van der Waals surface area contributed by atoms with E-state index in [0.717, 1.165) is 68.7 Å². The normalized spacial score (nSPS) is 17.2. The number of hydrogen-bond donors (Lipinski definition) is 1. The summed E-state index contributed by atoms with van der Waals surface area (Å²) in [6.07, 6.45) is 4.21. The van der Waals surface area contributed by atoms with Gasteiger partial charge in [0.15, 0.2) is 0 Å². The van der Waals surface area contributed by atoms with Gasteiger partial charge in [-0.25, -0.2) is 18.4 Å².